The molecule has 0 aliphatic heterocycles. The molecule has 0 aromatic rings. The average molecular weight is 357 g/mol. The van der Waals surface area contributed by atoms with Crippen LogP contribution < -0.4 is 0 Å². The molecule has 0 aromatic carbocycles. The van der Waals surface area contributed by atoms with Crippen molar-refractivity contribution in [1.29, 1.82) is 0 Å². The molecule has 0 saturated carbocycles. The van der Waals surface area contributed by atoms with E-state index in [0.717, 1.165) is 38.5 Å². The predicted molar refractivity (Wildman–Crippen MR) is 103 cm³/mol. The number of Topliss-reactive ketones (excluding diaryl/α,β-unsaturated/α-hetero) is 2. The summed E-state index contributed by atoms with van der Waals surface area (Å²) in [6.45, 7) is 12.6. The molecule has 25 heavy (non-hydrogen) atoms. The van der Waals surface area contributed by atoms with Gasteiger partial charge in [0.15, 0.2) is 5.78 Å². The molecule has 4 nitrogen and oxygen atoms in total. The quantitative estimate of drug-likeness (QED) is 0.431. The smallest absolute Gasteiger partial charge is 0.164 e. The van der Waals surface area contributed by atoms with Crippen LogP contribution in [0.3, 0.4) is 0 Å². The summed E-state index contributed by atoms with van der Waals surface area (Å²) in [6, 6.07) is 0. The van der Waals surface area contributed by atoms with Gasteiger partial charge < -0.3 is 9.84 Å². The number of hydrogen-bond acceptors (Lipinski definition) is 4. The van der Waals surface area contributed by atoms with E-state index in [0.29, 0.717) is 31.1 Å². The largest absolute Gasteiger partial charge is 0.396 e. The van der Waals surface area contributed by atoms with E-state index in [1.807, 2.05) is 27.7 Å². The zero-order chi connectivity index (χ0) is 19.5. The van der Waals surface area contributed by atoms with Crippen LogP contribution in [0.1, 0.15) is 92.9 Å². The van der Waals surface area contributed by atoms with E-state index in [9.17, 15) is 9.59 Å². The summed E-state index contributed by atoms with van der Waals surface area (Å²) in [5.41, 5.74) is -0.990. The minimum atomic E-state index is -0.741. The van der Waals surface area contributed by atoms with E-state index in [2.05, 4.69) is 13.8 Å². The molecule has 0 unspecified atom stereocenters. The normalized spacial score (nSPS) is 12.6. The number of hydrogen-bond donors (Lipinski definition) is 1. The zero-order valence-electron chi connectivity index (χ0n) is 17.3. The molecule has 0 amide bonds. The molecule has 0 aliphatic carbocycles. The lowest BCUT2D eigenvalue weighted by Crippen LogP contribution is -2.35. The standard InChI is InChI=1S/C21H40O4/c1-17(2)20(3,4)18(23)13-10-8-12-16-25-21(5,6)19(24)14-9-7-11-15-22/h17,22H,7-16H2,1-6H3. The maximum absolute atomic E-state index is 12.2. The fourth-order valence-electron chi connectivity index (χ4n) is 2.49. The SMILES string of the molecule is CC(C)C(C)(C)C(=O)CCCCCOC(C)(C)C(=O)CCCCCO. The Balaban J connectivity index is 3.92. The Morgan fingerprint density at radius 3 is 1.88 bits per heavy atom. The monoisotopic (exact) mass is 356 g/mol. The lowest BCUT2D eigenvalue weighted by Gasteiger charge is -2.27. The predicted octanol–water partition coefficient (Wildman–Crippen LogP) is 4.72. The van der Waals surface area contributed by atoms with Crippen LogP contribution in [0.15, 0.2) is 0 Å². The topological polar surface area (TPSA) is 63.6 Å². The van der Waals surface area contributed by atoms with Crippen LogP contribution >= 0.6 is 0 Å². The molecule has 4 heteroatoms. The number of unbranched alkanes of at least 4 members (excludes halogenated alkanes) is 4. The van der Waals surface area contributed by atoms with Gasteiger partial charge in [-0.1, -0.05) is 40.5 Å². The summed E-state index contributed by atoms with van der Waals surface area (Å²) >= 11 is 0. The summed E-state index contributed by atoms with van der Waals surface area (Å²) in [5.74, 6) is 0.814. The van der Waals surface area contributed by atoms with Gasteiger partial charge >= 0.3 is 0 Å². The summed E-state index contributed by atoms with van der Waals surface area (Å²) in [5, 5.41) is 8.75. The van der Waals surface area contributed by atoms with Gasteiger partial charge in [0.25, 0.3) is 0 Å². The Morgan fingerprint density at radius 2 is 1.36 bits per heavy atom. The van der Waals surface area contributed by atoms with E-state index >= 15 is 0 Å². The minimum Gasteiger partial charge on any atom is -0.396 e. The van der Waals surface area contributed by atoms with Crippen LogP contribution in [0.5, 0.6) is 0 Å². The Hall–Kier alpha value is -0.740. The number of ether oxygens (including phenoxy) is 1. The Bertz CT molecular complexity index is 397. The second-order valence-electron chi connectivity index (χ2n) is 8.43. The van der Waals surface area contributed by atoms with Crippen LogP contribution in [0.2, 0.25) is 0 Å². The van der Waals surface area contributed by atoms with Gasteiger partial charge in [-0.05, 0) is 45.4 Å². The molecule has 0 aliphatic rings. The fourth-order valence-corrected chi connectivity index (χ4v) is 2.49. The van der Waals surface area contributed by atoms with E-state index in [-0.39, 0.29) is 17.8 Å². The van der Waals surface area contributed by atoms with Crippen LogP contribution in [0.25, 0.3) is 0 Å². The van der Waals surface area contributed by atoms with Gasteiger partial charge in [-0.3, -0.25) is 9.59 Å². The van der Waals surface area contributed by atoms with Crippen molar-refractivity contribution < 1.29 is 19.4 Å². The number of aliphatic hydroxyl groups is 1. The van der Waals surface area contributed by atoms with Crippen molar-refractivity contribution in [1.82, 2.24) is 0 Å². The highest BCUT2D eigenvalue weighted by atomic mass is 16.5. The first kappa shape index (κ1) is 24.3. The van der Waals surface area contributed by atoms with Crippen LogP contribution in [-0.4, -0.2) is 35.5 Å². The number of rotatable bonds is 15. The number of ketones is 2. The van der Waals surface area contributed by atoms with Crippen LogP contribution in [-0.2, 0) is 14.3 Å². The molecular weight excluding hydrogens is 316 g/mol. The van der Waals surface area contributed by atoms with E-state index in [1.54, 1.807) is 0 Å². The summed E-state index contributed by atoms with van der Waals surface area (Å²) in [4.78, 5) is 24.4. The van der Waals surface area contributed by atoms with Gasteiger partial charge in [-0.15, -0.1) is 0 Å². The van der Waals surface area contributed by atoms with Crippen molar-refractivity contribution in [2.75, 3.05) is 13.2 Å². The molecule has 0 radical (unpaired) electrons. The number of carbonyl (C=O) groups is 2. The summed E-state index contributed by atoms with van der Waals surface area (Å²) in [6.07, 6.45) is 6.26. The van der Waals surface area contributed by atoms with Crippen molar-refractivity contribution in [2.24, 2.45) is 11.3 Å². The van der Waals surface area contributed by atoms with Gasteiger partial charge in [0.2, 0.25) is 0 Å². The highest BCUT2D eigenvalue weighted by Gasteiger charge is 2.30. The highest BCUT2D eigenvalue weighted by molar-refractivity contribution is 5.86. The number of carbonyl (C=O) groups excluding carboxylic acids is 2. The second-order valence-corrected chi connectivity index (χ2v) is 8.43. The first-order chi connectivity index (χ1) is 11.6. The molecule has 0 rings (SSSR count). The zero-order valence-corrected chi connectivity index (χ0v) is 17.3. The molecule has 148 valence electrons. The maximum atomic E-state index is 12.2. The Morgan fingerprint density at radius 1 is 0.840 bits per heavy atom. The molecule has 1 N–H and O–H groups in total. The number of aliphatic hydroxyl groups excluding tert-OH is 1. The summed E-state index contributed by atoms with van der Waals surface area (Å²) in [7, 11) is 0. The molecule has 0 atom stereocenters. The van der Waals surface area contributed by atoms with Crippen molar-refractivity contribution in [3.8, 4) is 0 Å². The third kappa shape index (κ3) is 9.50. The van der Waals surface area contributed by atoms with Crippen molar-refractivity contribution in [3.63, 3.8) is 0 Å². The maximum Gasteiger partial charge on any atom is 0.164 e. The fraction of sp³-hybridized carbons (Fsp3) is 0.905. The van der Waals surface area contributed by atoms with Crippen LogP contribution in [0.4, 0.5) is 0 Å². The van der Waals surface area contributed by atoms with Gasteiger partial charge in [-0.25, -0.2) is 0 Å². The molecule has 0 fully saturated rings. The lowest BCUT2D eigenvalue weighted by atomic mass is 9.76. The van der Waals surface area contributed by atoms with E-state index in [1.165, 1.54) is 0 Å². The first-order valence-corrected chi connectivity index (χ1v) is 9.87. The summed E-state index contributed by atoms with van der Waals surface area (Å²) < 4.78 is 5.78. The van der Waals surface area contributed by atoms with Gasteiger partial charge in [-0.2, -0.15) is 0 Å². The Kier molecular flexibility index (Phi) is 11.4. The van der Waals surface area contributed by atoms with E-state index < -0.39 is 5.60 Å². The van der Waals surface area contributed by atoms with Gasteiger partial charge in [0.1, 0.15) is 11.4 Å². The van der Waals surface area contributed by atoms with E-state index in [4.69, 9.17) is 9.84 Å². The van der Waals surface area contributed by atoms with Crippen LogP contribution in [0, 0.1) is 11.3 Å². The van der Waals surface area contributed by atoms with Crippen molar-refractivity contribution >= 4 is 11.6 Å². The third-order valence-electron chi connectivity index (χ3n) is 5.41. The highest BCUT2D eigenvalue weighted by Crippen LogP contribution is 2.29. The van der Waals surface area contributed by atoms with Gasteiger partial charge in [0, 0.05) is 31.5 Å². The molecule has 0 saturated heterocycles. The first-order valence-electron chi connectivity index (χ1n) is 9.87. The lowest BCUT2D eigenvalue weighted by molar-refractivity contribution is -0.140. The van der Waals surface area contributed by atoms with Gasteiger partial charge in [0.05, 0.1) is 0 Å². The molecule has 0 spiro atoms. The molecule has 0 aromatic heterocycles. The minimum absolute atomic E-state index is 0.124. The Labute approximate surface area is 154 Å². The molecular formula is C21H40O4. The average Bonchev–Trinajstić information content (AvgIpc) is 2.53. The molecule has 0 bridgehead atoms. The van der Waals surface area contributed by atoms with Crippen molar-refractivity contribution in [3.05, 3.63) is 0 Å². The second kappa shape index (κ2) is 11.8. The van der Waals surface area contributed by atoms with Crippen molar-refractivity contribution in [2.45, 2.75) is 98.5 Å². The molecule has 0 heterocycles. The third-order valence-corrected chi connectivity index (χ3v) is 5.41.